The lowest BCUT2D eigenvalue weighted by molar-refractivity contribution is -0.0985. The van der Waals surface area contributed by atoms with E-state index in [-0.39, 0.29) is 6.04 Å². The van der Waals surface area contributed by atoms with Crippen molar-refractivity contribution in [3.05, 3.63) is 12.4 Å². The maximum Gasteiger partial charge on any atom is 0.0881 e. The molecule has 0 radical (unpaired) electrons. The topological polar surface area (TPSA) is 24.8 Å². The Kier molecular flexibility index (Phi) is 1.85. The summed E-state index contributed by atoms with van der Waals surface area (Å²) in [5, 5.41) is 1.73. The molecule has 0 N–H and O–H groups in total. The molecule has 1 aliphatic heterocycles. The molecule has 0 aliphatic carbocycles. The molecule has 1 rings (SSSR count). The van der Waals surface area contributed by atoms with Crippen LogP contribution in [0.25, 0.3) is 0 Å². The summed E-state index contributed by atoms with van der Waals surface area (Å²) in [7, 11) is 1.64. The van der Waals surface area contributed by atoms with E-state index < -0.39 is 0 Å². The normalized spacial score (nSPS) is 25.1. The van der Waals surface area contributed by atoms with Gasteiger partial charge in [0.15, 0.2) is 0 Å². The van der Waals surface area contributed by atoms with Crippen LogP contribution in [0.5, 0.6) is 0 Å². The second-order valence-corrected chi connectivity index (χ2v) is 1.88. The molecule has 0 aromatic heterocycles. The lowest BCUT2D eigenvalue weighted by Crippen LogP contribution is -2.29. The van der Waals surface area contributed by atoms with Crippen LogP contribution in [0.4, 0.5) is 0 Å². The number of hydroxylamine groups is 2. The highest BCUT2D eigenvalue weighted by molar-refractivity contribution is 5.65. The fraction of sp³-hybridized carbons (Fsp3) is 0.500. The van der Waals surface area contributed by atoms with E-state index in [1.807, 2.05) is 13.1 Å². The van der Waals surface area contributed by atoms with E-state index in [2.05, 4.69) is 4.99 Å². The number of nitrogens with zero attached hydrogens (tertiary/aromatic N) is 2. The van der Waals surface area contributed by atoms with Crippen LogP contribution >= 0.6 is 0 Å². The Bertz CT molecular complexity index is 142. The minimum absolute atomic E-state index is 0.250. The molecule has 3 nitrogen and oxygen atoms in total. The van der Waals surface area contributed by atoms with Crippen LogP contribution in [-0.4, -0.2) is 24.4 Å². The maximum atomic E-state index is 4.96. The molecule has 1 heterocycles. The molecule has 0 aromatic rings. The first kappa shape index (κ1) is 6.29. The van der Waals surface area contributed by atoms with Gasteiger partial charge in [-0.3, -0.25) is 14.9 Å². The Balaban J connectivity index is 2.55. The lowest BCUT2D eigenvalue weighted by atomic mass is 10.3. The van der Waals surface area contributed by atoms with Crippen molar-refractivity contribution in [2.24, 2.45) is 4.99 Å². The predicted octanol–water partition coefficient (Wildman–Crippen LogP) is 0.794. The van der Waals surface area contributed by atoms with Crippen molar-refractivity contribution in [2.45, 2.75) is 13.0 Å². The SMILES string of the molecule is CON1C=CN=CC1C. The third-order valence-electron chi connectivity index (χ3n) is 1.21. The Hall–Kier alpha value is -0.830. The fourth-order valence-electron chi connectivity index (χ4n) is 0.707. The number of hydrogen-bond donors (Lipinski definition) is 0. The van der Waals surface area contributed by atoms with Crippen molar-refractivity contribution in [1.29, 1.82) is 0 Å². The zero-order valence-electron chi connectivity index (χ0n) is 5.61. The fourth-order valence-corrected chi connectivity index (χ4v) is 0.707. The Morgan fingerprint density at radius 2 is 2.44 bits per heavy atom. The van der Waals surface area contributed by atoms with Crippen LogP contribution < -0.4 is 0 Å². The lowest BCUT2D eigenvalue weighted by Gasteiger charge is -2.22. The van der Waals surface area contributed by atoms with E-state index in [1.165, 1.54) is 0 Å². The van der Waals surface area contributed by atoms with Gasteiger partial charge in [0.2, 0.25) is 0 Å². The van der Waals surface area contributed by atoms with E-state index in [1.54, 1.807) is 24.6 Å². The summed E-state index contributed by atoms with van der Waals surface area (Å²) < 4.78 is 0. The number of aliphatic imine (C=N–C) groups is 1. The summed E-state index contributed by atoms with van der Waals surface area (Å²) in [5.74, 6) is 0. The van der Waals surface area contributed by atoms with Gasteiger partial charge in [-0.05, 0) is 6.92 Å². The maximum absolute atomic E-state index is 4.96. The number of rotatable bonds is 1. The van der Waals surface area contributed by atoms with Crippen molar-refractivity contribution in [2.75, 3.05) is 7.11 Å². The zero-order valence-corrected chi connectivity index (χ0v) is 5.61. The Morgan fingerprint density at radius 1 is 1.67 bits per heavy atom. The van der Waals surface area contributed by atoms with Crippen LogP contribution in [0.2, 0.25) is 0 Å². The molecule has 0 aromatic carbocycles. The predicted molar refractivity (Wildman–Crippen MR) is 35.9 cm³/mol. The van der Waals surface area contributed by atoms with Gasteiger partial charge in [-0.25, -0.2) is 0 Å². The van der Waals surface area contributed by atoms with Gasteiger partial charge < -0.3 is 0 Å². The van der Waals surface area contributed by atoms with Crippen LogP contribution in [0.15, 0.2) is 17.4 Å². The molecule has 1 unspecified atom stereocenters. The molecule has 0 fully saturated rings. The van der Waals surface area contributed by atoms with Gasteiger partial charge in [0.05, 0.1) is 13.2 Å². The van der Waals surface area contributed by atoms with Crippen molar-refractivity contribution in [1.82, 2.24) is 5.06 Å². The van der Waals surface area contributed by atoms with E-state index >= 15 is 0 Å². The van der Waals surface area contributed by atoms with Crippen molar-refractivity contribution < 1.29 is 4.84 Å². The number of hydrogen-bond acceptors (Lipinski definition) is 3. The molecule has 0 saturated heterocycles. The summed E-state index contributed by atoms with van der Waals surface area (Å²) in [6, 6.07) is 0.250. The monoisotopic (exact) mass is 126 g/mol. The summed E-state index contributed by atoms with van der Waals surface area (Å²) in [6.45, 7) is 2.01. The zero-order chi connectivity index (χ0) is 6.69. The first-order valence-electron chi connectivity index (χ1n) is 2.87. The van der Waals surface area contributed by atoms with Crippen molar-refractivity contribution in [3.63, 3.8) is 0 Å². The second kappa shape index (κ2) is 2.64. The molecule has 3 heteroatoms. The average Bonchev–Trinajstić information content (AvgIpc) is 1.89. The van der Waals surface area contributed by atoms with E-state index in [0.29, 0.717) is 0 Å². The van der Waals surface area contributed by atoms with E-state index in [4.69, 9.17) is 4.84 Å². The molecule has 0 bridgehead atoms. The molecule has 50 valence electrons. The van der Waals surface area contributed by atoms with Gasteiger partial charge in [0, 0.05) is 18.6 Å². The molecule has 0 amide bonds. The van der Waals surface area contributed by atoms with Gasteiger partial charge in [-0.15, -0.1) is 0 Å². The smallest absolute Gasteiger partial charge is 0.0881 e. The van der Waals surface area contributed by atoms with Crippen LogP contribution in [0.3, 0.4) is 0 Å². The largest absolute Gasteiger partial charge is 0.277 e. The highest BCUT2D eigenvalue weighted by atomic mass is 16.7. The standard InChI is InChI=1S/C6H10N2O/c1-6-5-7-3-4-8(6)9-2/h3-6H,1-2H3. The third-order valence-corrected chi connectivity index (χ3v) is 1.21. The summed E-state index contributed by atoms with van der Waals surface area (Å²) in [6.07, 6.45) is 5.32. The molecule has 1 atom stereocenters. The highest BCUT2D eigenvalue weighted by Gasteiger charge is 2.07. The van der Waals surface area contributed by atoms with Gasteiger partial charge >= 0.3 is 0 Å². The van der Waals surface area contributed by atoms with Crippen LogP contribution in [-0.2, 0) is 4.84 Å². The molecular weight excluding hydrogens is 116 g/mol. The molecule has 9 heavy (non-hydrogen) atoms. The first-order valence-corrected chi connectivity index (χ1v) is 2.87. The van der Waals surface area contributed by atoms with Crippen LogP contribution in [0, 0.1) is 0 Å². The summed E-state index contributed by atoms with van der Waals surface area (Å²) in [5.41, 5.74) is 0. The summed E-state index contributed by atoms with van der Waals surface area (Å²) >= 11 is 0. The van der Waals surface area contributed by atoms with Gasteiger partial charge in [0.25, 0.3) is 0 Å². The van der Waals surface area contributed by atoms with Gasteiger partial charge in [-0.2, -0.15) is 0 Å². The highest BCUT2D eigenvalue weighted by Crippen LogP contribution is 2.01. The summed E-state index contributed by atoms with van der Waals surface area (Å²) in [4.78, 5) is 8.89. The van der Waals surface area contributed by atoms with Crippen LogP contribution in [0.1, 0.15) is 6.92 Å². The molecule has 0 saturated carbocycles. The minimum atomic E-state index is 0.250. The van der Waals surface area contributed by atoms with Gasteiger partial charge in [0.1, 0.15) is 0 Å². The quantitative estimate of drug-likeness (QED) is 0.519. The van der Waals surface area contributed by atoms with Crippen molar-refractivity contribution in [3.8, 4) is 0 Å². The van der Waals surface area contributed by atoms with Crippen molar-refractivity contribution >= 4 is 6.21 Å². The third kappa shape index (κ3) is 1.29. The van der Waals surface area contributed by atoms with E-state index in [9.17, 15) is 0 Å². The molecular formula is C6H10N2O. The Morgan fingerprint density at radius 3 is 2.89 bits per heavy atom. The minimum Gasteiger partial charge on any atom is -0.277 e. The second-order valence-electron chi connectivity index (χ2n) is 1.88. The first-order chi connectivity index (χ1) is 4.34. The Labute approximate surface area is 54.6 Å². The average molecular weight is 126 g/mol. The van der Waals surface area contributed by atoms with Gasteiger partial charge in [-0.1, -0.05) is 0 Å². The van der Waals surface area contributed by atoms with E-state index in [0.717, 1.165) is 0 Å². The molecule has 0 spiro atoms. The molecule has 1 aliphatic rings.